The van der Waals surface area contributed by atoms with Gasteiger partial charge in [0.25, 0.3) is 0 Å². The normalized spacial score (nSPS) is 12.2. The van der Waals surface area contributed by atoms with Gasteiger partial charge >= 0.3 is 0 Å². The number of nitrogens with zero attached hydrogens (tertiary/aromatic N) is 1. The van der Waals surface area contributed by atoms with E-state index >= 15 is 0 Å². The second-order valence-electron chi connectivity index (χ2n) is 2.97. The molecule has 0 bridgehead atoms. The van der Waals surface area contributed by atoms with Gasteiger partial charge in [0.15, 0.2) is 0 Å². The molecule has 0 aromatic carbocycles. The molecule has 0 aromatic rings. The summed E-state index contributed by atoms with van der Waals surface area (Å²) >= 11 is 0. The molecule has 1 heteroatoms. The quantitative estimate of drug-likeness (QED) is 0.449. The highest BCUT2D eigenvalue weighted by molar-refractivity contribution is 6.01. The van der Waals surface area contributed by atoms with E-state index in [1.165, 1.54) is 11.1 Å². The number of allylic oxidation sites excluding steroid dienone is 4. The number of rotatable bonds is 3. The molecule has 0 radical (unpaired) electrons. The molecular weight excluding hydrogens is 146 g/mol. The third kappa shape index (κ3) is 3.51. The molecule has 68 valence electrons. The van der Waals surface area contributed by atoms with Crippen LogP contribution in [0.15, 0.2) is 28.3 Å². The van der Waals surface area contributed by atoms with Crippen LogP contribution >= 0.6 is 0 Å². The zero-order chi connectivity index (χ0) is 9.56. The molecule has 0 spiro atoms. The van der Waals surface area contributed by atoms with Gasteiger partial charge in [-0.2, -0.15) is 0 Å². The maximum atomic E-state index is 4.37. The Balaban J connectivity index is 4.78. The van der Waals surface area contributed by atoms with E-state index in [1.807, 2.05) is 6.92 Å². The van der Waals surface area contributed by atoms with E-state index in [0.717, 1.165) is 12.3 Å². The van der Waals surface area contributed by atoms with E-state index in [1.54, 1.807) is 0 Å². The van der Waals surface area contributed by atoms with Crippen LogP contribution in [0.2, 0.25) is 0 Å². The summed E-state index contributed by atoms with van der Waals surface area (Å²) in [4.78, 5) is 4.37. The maximum Gasteiger partial charge on any atom is 0.0388 e. The Morgan fingerprint density at radius 2 is 1.83 bits per heavy atom. The summed E-state index contributed by atoms with van der Waals surface area (Å²) in [7, 11) is 0. The lowest BCUT2D eigenvalue weighted by molar-refractivity contribution is 1.12. The van der Waals surface area contributed by atoms with Crippen molar-refractivity contribution in [1.82, 2.24) is 0 Å². The average molecular weight is 165 g/mol. The first-order valence-electron chi connectivity index (χ1n) is 4.45. The second-order valence-corrected chi connectivity index (χ2v) is 2.97. The fourth-order valence-electron chi connectivity index (χ4n) is 1.14. The summed E-state index contributed by atoms with van der Waals surface area (Å²) in [5.74, 6) is 0. The van der Waals surface area contributed by atoms with Gasteiger partial charge in [-0.15, -0.1) is 0 Å². The molecule has 0 saturated carbocycles. The molecule has 0 aliphatic carbocycles. The zero-order valence-electron chi connectivity index (χ0n) is 8.81. The Morgan fingerprint density at radius 1 is 1.25 bits per heavy atom. The number of hydrogen-bond donors (Lipinski definition) is 0. The zero-order valence-corrected chi connectivity index (χ0v) is 8.81. The van der Waals surface area contributed by atoms with E-state index in [0.29, 0.717) is 0 Å². The highest BCUT2D eigenvalue weighted by Gasteiger charge is 1.97. The van der Waals surface area contributed by atoms with Crippen molar-refractivity contribution in [3.63, 3.8) is 0 Å². The van der Waals surface area contributed by atoms with Gasteiger partial charge in [0, 0.05) is 12.3 Å². The minimum absolute atomic E-state index is 0.861. The molecule has 0 N–H and O–H groups in total. The lowest BCUT2D eigenvalue weighted by Gasteiger charge is -2.03. The van der Waals surface area contributed by atoms with Crippen LogP contribution in [0.5, 0.6) is 0 Å². The van der Waals surface area contributed by atoms with E-state index in [-0.39, 0.29) is 0 Å². The van der Waals surface area contributed by atoms with Crippen LogP contribution in [0, 0.1) is 0 Å². The maximum absolute atomic E-state index is 4.37. The summed E-state index contributed by atoms with van der Waals surface area (Å²) < 4.78 is 0. The fourth-order valence-corrected chi connectivity index (χ4v) is 1.14. The molecule has 0 fully saturated rings. The first-order chi connectivity index (χ1) is 5.63. The van der Waals surface area contributed by atoms with Crippen molar-refractivity contribution >= 4 is 5.71 Å². The molecule has 0 aliphatic heterocycles. The lowest BCUT2D eigenvalue weighted by atomic mass is 10.1. The third-order valence-electron chi connectivity index (χ3n) is 1.66. The summed E-state index contributed by atoms with van der Waals surface area (Å²) in [5, 5.41) is 0. The lowest BCUT2D eigenvalue weighted by Crippen LogP contribution is -1.97. The van der Waals surface area contributed by atoms with Crippen molar-refractivity contribution in [2.24, 2.45) is 4.99 Å². The molecule has 0 unspecified atom stereocenters. The van der Waals surface area contributed by atoms with Crippen molar-refractivity contribution < 1.29 is 0 Å². The van der Waals surface area contributed by atoms with Crippen molar-refractivity contribution in [1.29, 1.82) is 0 Å². The molecule has 1 nitrogen and oxygen atoms in total. The van der Waals surface area contributed by atoms with Gasteiger partial charge in [0.1, 0.15) is 0 Å². The van der Waals surface area contributed by atoms with Crippen molar-refractivity contribution in [2.45, 2.75) is 34.6 Å². The van der Waals surface area contributed by atoms with Gasteiger partial charge in [-0.25, -0.2) is 0 Å². The molecule has 0 aromatic heterocycles. The molecule has 0 saturated heterocycles. The fraction of sp³-hybridized carbons (Fsp3) is 0.545. The van der Waals surface area contributed by atoms with Crippen LogP contribution < -0.4 is 0 Å². The molecule has 0 rings (SSSR count). The predicted octanol–water partition coefficient (Wildman–Crippen LogP) is 3.38. The van der Waals surface area contributed by atoms with Gasteiger partial charge < -0.3 is 0 Å². The topological polar surface area (TPSA) is 12.4 Å². The number of hydrogen-bond acceptors (Lipinski definition) is 1. The highest BCUT2D eigenvalue weighted by atomic mass is 14.7. The summed E-state index contributed by atoms with van der Waals surface area (Å²) in [6.07, 6.45) is 4.17. The van der Waals surface area contributed by atoms with Gasteiger partial charge in [-0.1, -0.05) is 17.7 Å². The summed E-state index contributed by atoms with van der Waals surface area (Å²) in [6.45, 7) is 11.2. The van der Waals surface area contributed by atoms with Crippen LogP contribution in [0.25, 0.3) is 0 Å². The van der Waals surface area contributed by atoms with Crippen molar-refractivity contribution in [2.75, 3.05) is 6.54 Å². The van der Waals surface area contributed by atoms with Gasteiger partial charge in [-0.3, -0.25) is 4.99 Å². The standard InChI is InChI=1S/C11H19N/c1-6-8-11(9(3)4)10(5)12-7-2/h6,8H,7H2,1-5H3/b8-6-,12-10?. The van der Waals surface area contributed by atoms with Gasteiger partial charge in [0.2, 0.25) is 0 Å². The largest absolute Gasteiger partial charge is 0.290 e. The Bertz CT molecular complexity index is 215. The van der Waals surface area contributed by atoms with Crippen molar-refractivity contribution in [3.8, 4) is 0 Å². The average Bonchev–Trinajstić information content (AvgIpc) is 1.99. The Labute approximate surface area is 75.9 Å². The van der Waals surface area contributed by atoms with Gasteiger partial charge in [-0.05, 0) is 40.2 Å². The van der Waals surface area contributed by atoms with Gasteiger partial charge in [0.05, 0.1) is 0 Å². The van der Waals surface area contributed by atoms with Crippen molar-refractivity contribution in [3.05, 3.63) is 23.3 Å². The molecule has 0 amide bonds. The first kappa shape index (κ1) is 11.2. The SMILES string of the molecule is C/C=C\C(C(C)=NCC)=C(C)C. The Morgan fingerprint density at radius 3 is 2.17 bits per heavy atom. The van der Waals surface area contributed by atoms with E-state index in [2.05, 4.69) is 44.8 Å². The van der Waals surface area contributed by atoms with E-state index in [4.69, 9.17) is 0 Å². The Hall–Kier alpha value is -0.850. The van der Waals surface area contributed by atoms with Crippen LogP contribution in [0.3, 0.4) is 0 Å². The van der Waals surface area contributed by atoms with E-state index in [9.17, 15) is 0 Å². The smallest absolute Gasteiger partial charge is 0.0388 e. The summed E-state index contributed by atoms with van der Waals surface area (Å²) in [5.41, 5.74) is 3.72. The minimum Gasteiger partial charge on any atom is -0.290 e. The van der Waals surface area contributed by atoms with Crippen LogP contribution in [-0.2, 0) is 0 Å². The molecule has 0 atom stereocenters. The molecule has 0 aliphatic rings. The second kappa shape index (κ2) is 5.76. The molecule has 12 heavy (non-hydrogen) atoms. The third-order valence-corrected chi connectivity index (χ3v) is 1.66. The van der Waals surface area contributed by atoms with Crippen LogP contribution in [0.4, 0.5) is 0 Å². The minimum atomic E-state index is 0.861. The first-order valence-corrected chi connectivity index (χ1v) is 4.45. The number of aliphatic imine (C=N–C) groups is 1. The molecule has 0 heterocycles. The molecular formula is C11H19N. The summed E-state index contributed by atoms with van der Waals surface area (Å²) in [6, 6.07) is 0. The van der Waals surface area contributed by atoms with Crippen LogP contribution in [-0.4, -0.2) is 12.3 Å². The Kier molecular flexibility index (Phi) is 5.35. The predicted molar refractivity (Wildman–Crippen MR) is 56.8 cm³/mol. The monoisotopic (exact) mass is 165 g/mol. The van der Waals surface area contributed by atoms with E-state index < -0.39 is 0 Å². The van der Waals surface area contributed by atoms with Crippen LogP contribution in [0.1, 0.15) is 34.6 Å². The highest BCUT2D eigenvalue weighted by Crippen LogP contribution is 2.07.